The summed E-state index contributed by atoms with van der Waals surface area (Å²) in [6, 6.07) is 8.26. The van der Waals surface area contributed by atoms with E-state index in [1.54, 1.807) is 4.90 Å². The fourth-order valence-electron chi connectivity index (χ4n) is 4.93. The summed E-state index contributed by atoms with van der Waals surface area (Å²) in [6.45, 7) is -1.27. The monoisotopic (exact) mass is 701 g/mol. The van der Waals surface area contributed by atoms with Crippen LogP contribution in [0.15, 0.2) is 47.4 Å². The van der Waals surface area contributed by atoms with Gasteiger partial charge in [0.05, 0.1) is 29.8 Å². The molecule has 3 aromatic heterocycles. The largest absolute Gasteiger partial charge is 0.416 e. The molecule has 3 atom stereocenters. The van der Waals surface area contributed by atoms with Crippen molar-refractivity contribution in [3.8, 4) is 17.1 Å². The number of hydrogen-bond donors (Lipinski definition) is 4. The Hall–Kier alpha value is -4.04. The zero-order valence-corrected chi connectivity index (χ0v) is 25.8. The first-order valence-corrected chi connectivity index (χ1v) is 16.5. The topological polar surface area (TPSA) is 176 Å². The number of carbonyl (C=O) groups is 1. The quantitative estimate of drug-likeness (QED) is 0.190. The molecular weight excluding hydrogens is 674 g/mol. The molecule has 1 saturated carbocycles. The summed E-state index contributed by atoms with van der Waals surface area (Å²) in [5.74, 6) is -0.648. The van der Waals surface area contributed by atoms with Gasteiger partial charge >= 0.3 is 11.9 Å². The van der Waals surface area contributed by atoms with E-state index < -0.39 is 59.8 Å². The van der Waals surface area contributed by atoms with Crippen LogP contribution in [0.25, 0.3) is 17.1 Å². The van der Waals surface area contributed by atoms with Gasteiger partial charge in [-0.1, -0.05) is 11.6 Å². The van der Waals surface area contributed by atoms with E-state index in [1.807, 2.05) is 0 Å². The minimum absolute atomic E-state index is 0.0327. The second kappa shape index (κ2) is 12.5. The van der Waals surface area contributed by atoms with Crippen molar-refractivity contribution in [1.82, 2.24) is 39.4 Å². The first-order chi connectivity index (χ1) is 22.2. The zero-order chi connectivity index (χ0) is 33.7. The Morgan fingerprint density at radius 2 is 1.81 bits per heavy atom. The van der Waals surface area contributed by atoms with Gasteiger partial charge < -0.3 is 15.3 Å². The number of carbonyl (C=O) groups excluding carboxylic acids is 1. The second-order valence-corrected chi connectivity index (χ2v) is 13.9. The van der Waals surface area contributed by atoms with Crippen molar-refractivity contribution in [1.29, 1.82) is 0 Å². The SMILES string of the molecule is O=C(NC1CC1F)c1ncccc1-n1nc(Cn2nc(-c3ccc(Cl)cc3)n(C[C@@H](O)C(F)(F)F)c2=O)nc1N1CCS(O)(O)CC1. The molecule has 4 aromatic rings. The summed E-state index contributed by atoms with van der Waals surface area (Å²) in [5.41, 5.74) is -0.684. The fraction of sp³-hybridized carbons (Fsp3) is 0.407. The van der Waals surface area contributed by atoms with Gasteiger partial charge in [-0.2, -0.15) is 33.4 Å². The molecule has 2 aliphatic rings. The molecule has 1 aromatic carbocycles. The molecule has 1 aliphatic heterocycles. The summed E-state index contributed by atoms with van der Waals surface area (Å²) >= 11 is 5.96. The van der Waals surface area contributed by atoms with Crippen molar-refractivity contribution in [3.05, 3.63) is 69.6 Å². The summed E-state index contributed by atoms with van der Waals surface area (Å²) in [6.07, 6.45) is -7.50. The van der Waals surface area contributed by atoms with E-state index in [2.05, 4.69) is 25.5 Å². The van der Waals surface area contributed by atoms with Crippen LogP contribution < -0.4 is 15.9 Å². The molecule has 4 N–H and O–H groups in total. The molecule has 4 heterocycles. The summed E-state index contributed by atoms with van der Waals surface area (Å²) in [7, 11) is -2.81. The summed E-state index contributed by atoms with van der Waals surface area (Å²) < 4.78 is 76.6. The molecule has 0 radical (unpaired) electrons. The molecule has 1 amide bonds. The Bertz CT molecular complexity index is 1840. The van der Waals surface area contributed by atoms with Crippen molar-refractivity contribution in [3.63, 3.8) is 0 Å². The molecule has 0 spiro atoms. The maximum Gasteiger partial charge on any atom is 0.416 e. The highest BCUT2D eigenvalue weighted by molar-refractivity contribution is 8.24. The van der Waals surface area contributed by atoms with Crippen molar-refractivity contribution in [2.75, 3.05) is 29.5 Å². The molecule has 1 aliphatic carbocycles. The first kappa shape index (κ1) is 32.9. The van der Waals surface area contributed by atoms with Crippen LogP contribution in [0.5, 0.6) is 0 Å². The third kappa shape index (κ3) is 7.13. The number of hydrogen-bond acceptors (Lipinski definition) is 10. The minimum Gasteiger partial charge on any atom is -0.382 e. The predicted octanol–water partition coefficient (Wildman–Crippen LogP) is 2.72. The highest BCUT2D eigenvalue weighted by atomic mass is 35.5. The smallest absolute Gasteiger partial charge is 0.382 e. The lowest BCUT2D eigenvalue weighted by atomic mass is 10.2. The number of amides is 1. The van der Waals surface area contributed by atoms with Crippen LogP contribution in [-0.2, 0) is 13.1 Å². The van der Waals surface area contributed by atoms with E-state index in [0.717, 1.165) is 4.68 Å². The van der Waals surface area contributed by atoms with Gasteiger partial charge in [-0.3, -0.25) is 18.5 Å². The van der Waals surface area contributed by atoms with Gasteiger partial charge in [-0.15, -0.1) is 10.2 Å². The van der Waals surface area contributed by atoms with Crippen molar-refractivity contribution >= 4 is 34.0 Å². The van der Waals surface area contributed by atoms with Crippen LogP contribution in [0.2, 0.25) is 5.02 Å². The number of benzene rings is 1. The van der Waals surface area contributed by atoms with Gasteiger partial charge in [-0.05, 0) is 36.4 Å². The molecule has 6 rings (SSSR count). The maximum absolute atomic E-state index is 13.6. The Kier molecular flexibility index (Phi) is 8.77. The van der Waals surface area contributed by atoms with Crippen LogP contribution in [0, 0.1) is 0 Å². The lowest BCUT2D eigenvalue weighted by molar-refractivity contribution is -0.207. The normalized spacial score (nSPS) is 20.6. The van der Waals surface area contributed by atoms with Crippen molar-refractivity contribution in [2.24, 2.45) is 0 Å². The van der Waals surface area contributed by atoms with Gasteiger partial charge in [-0.25, -0.2) is 18.9 Å². The Morgan fingerprint density at radius 1 is 1.13 bits per heavy atom. The first-order valence-electron chi connectivity index (χ1n) is 14.2. The van der Waals surface area contributed by atoms with Gasteiger partial charge in [0.15, 0.2) is 23.4 Å². The average Bonchev–Trinajstić information content (AvgIpc) is 3.41. The van der Waals surface area contributed by atoms with Gasteiger partial charge in [0, 0.05) is 36.3 Å². The van der Waals surface area contributed by atoms with Crippen LogP contribution in [0.3, 0.4) is 0 Å². The van der Waals surface area contributed by atoms with Gasteiger partial charge in [0.2, 0.25) is 5.95 Å². The standard InChI is InChI=1S/C27H28ClF4N9O5S/c28-16-5-3-15(4-6-16)23-37-40(26(44)39(23)13-20(42)27(30,31)32)14-21-35-25(38-8-10-47(45,46)11-9-38)41(36-21)19-2-1-7-33-22(19)24(43)34-18-12-17(18)29/h1-7,17-18,20,42,45-46H,8-14H2,(H,34,43)/t17?,18?,20-/m1/s1. The fourth-order valence-corrected chi connectivity index (χ4v) is 6.29. The van der Waals surface area contributed by atoms with E-state index in [9.17, 15) is 41.4 Å². The molecular formula is C27H28ClF4N9O5S. The number of aliphatic hydroxyl groups is 1. The maximum atomic E-state index is 13.6. The third-order valence-electron chi connectivity index (χ3n) is 7.60. The molecule has 2 unspecified atom stereocenters. The van der Waals surface area contributed by atoms with Crippen molar-refractivity contribution in [2.45, 2.75) is 44.0 Å². The molecule has 252 valence electrons. The number of aromatic nitrogens is 7. The average molecular weight is 702 g/mol. The third-order valence-corrected chi connectivity index (χ3v) is 9.53. The highest BCUT2D eigenvalue weighted by Gasteiger charge is 2.40. The Labute approximate surface area is 270 Å². The lowest BCUT2D eigenvalue weighted by Crippen LogP contribution is -2.40. The number of nitrogens with one attached hydrogen (secondary N) is 1. The lowest BCUT2D eigenvalue weighted by Gasteiger charge is -2.41. The predicted molar refractivity (Wildman–Crippen MR) is 163 cm³/mol. The highest BCUT2D eigenvalue weighted by Crippen LogP contribution is 2.41. The van der Waals surface area contributed by atoms with Gasteiger partial charge in [0.25, 0.3) is 5.91 Å². The van der Waals surface area contributed by atoms with Crippen LogP contribution in [0.4, 0.5) is 23.5 Å². The summed E-state index contributed by atoms with van der Waals surface area (Å²) in [4.78, 5) is 36.9. The summed E-state index contributed by atoms with van der Waals surface area (Å²) in [5, 5.41) is 21.4. The molecule has 20 heteroatoms. The Morgan fingerprint density at radius 3 is 2.45 bits per heavy atom. The number of alkyl halides is 4. The second-order valence-electron chi connectivity index (χ2n) is 11.1. The number of nitrogens with zero attached hydrogens (tertiary/aromatic N) is 8. The minimum atomic E-state index is -5.01. The number of pyridine rings is 1. The number of aliphatic hydroxyl groups excluding tert-OH is 1. The molecule has 0 bridgehead atoms. The molecule has 2 fully saturated rings. The van der Waals surface area contributed by atoms with Crippen molar-refractivity contribution < 1.29 is 36.6 Å². The van der Waals surface area contributed by atoms with Gasteiger partial charge in [0.1, 0.15) is 12.7 Å². The van der Waals surface area contributed by atoms with E-state index in [4.69, 9.17) is 11.6 Å². The van der Waals surface area contributed by atoms with E-state index in [-0.39, 0.29) is 65.6 Å². The zero-order valence-electron chi connectivity index (χ0n) is 24.3. The van der Waals surface area contributed by atoms with Crippen LogP contribution >= 0.6 is 22.2 Å². The van der Waals surface area contributed by atoms with Crippen LogP contribution in [-0.4, -0.2) is 103 Å². The van der Waals surface area contributed by atoms with Crippen LogP contribution in [0.1, 0.15) is 22.7 Å². The number of anilines is 1. The number of halogens is 5. The van der Waals surface area contributed by atoms with E-state index in [0.29, 0.717) is 9.59 Å². The Balaban J connectivity index is 1.40. The van der Waals surface area contributed by atoms with E-state index in [1.165, 1.54) is 47.3 Å². The molecule has 47 heavy (non-hydrogen) atoms. The van der Waals surface area contributed by atoms with E-state index >= 15 is 0 Å². The molecule has 1 saturated heterocycles. The molecule has 14 nitrogen and oxygen atoms in total. The number of rotatable bonds is 9.